The van der Waals surface area contributed by atoms with E-state index in [1.165, 1.54) is 0 Å². The van der Waals surface area contributed by atoms with Gasteiger partial charge in [0.25, 0.3) is 0 Å². The van der Waals surface area contributed by atoms with Gasteiger partial charge in [-0.15, -0.1) is 0 Å². The highest BCUT2D eigenvalue weighted by atomic mass is 35.5. The van der Waals surface area contributed by atoms with Gasteiger partial charge in [0.05, 0.1) is 6.61 Å². The van der Waals surface area contributed by atoms with Crippen LogP contribution in [0.15, 0.2) is 36.4 Å². The number of nitrogens with two attached hydrogens (primary N) is 1. The summed E-state index contributed by atoms with van der Waals surface area (Å²) < 4.78 is 5.89. The molecular formula is C15H18ClNO. The molecule has 0 aliphatic rings. The van der Waals surface area contributed by atoms with Crippen LogP contribution in [0.5, 0.6) is 5.75 Å². The third-order valence-corrected chi connectivity index (χ3v) is 3.33. The van der Waals surface area contributed by atoms with Crippen LogP contribution in [0.25, 0.3) is 10.8 Å². The van der Waals surface area contributed by atoms with Crippen molar-refractivity contribution in [3.63, 3.8) is 0 Å². The van der Waals surface area contributed by atoms with Crippen LogP contribution in [-0.4, -0.2) is 13.2 Å². The average molecular weight is 264 g/mol. The Balaban J connectivity index is 2.32. The Morgan fingerprint density at radius 2 is 1.78 bits per heavy atom. The molecule has 0 aromatic heterocycles. The van der Waals surface area contributed by atoms with Gasteiger partial charge < -0.3 is 10.5 Å². The predicted molar refractivity (Wildman–Crippen MR) is 77.3 cm³/mol. The van der Waals surface area contributed by atoms with E-state index in [0.717, 1.165) is 21.5 Å². The van der Waals surface area contributed by atoms with E-state index < -0.39 is 0 Å². The molecule has 0 aliphatic carbocycles. The molecule has 0 saturated heterocycles. The molecule has 2 N–H and O–H groups in total. The van der Waals surface area contributed by atoms with Crippen LogP contribution < -0.4 is 10.5 Å². The molecule has 0 amide bonds. The SMILES string of the molecule is CC(C)(CN)COc1ccc(Cl)c2ccccc12. The number of ether oxygens (including phenoxy) is 1. The van der Waals surface area contributed by atoms with E-state index in [1.54, 1.807) is 0 Å². The van der Waals surface area contributed by atoms with Crippen molar-refractivity contribution in [2.24, 2.45) is 11.1 Å². The van der Waals surface area contributed by atoms with Crippen LogP contribution in [-0.2, 0) is 0 Å². The molecule has 0 saturated carbocycles. The molecule has 2 rings (SSSR count). The standard InChI is InChI=1S/C15H18ClNO/c1-15(2,9-17)10-18-14-8-7-13(16)11-5-3-4-6-12(11)14/h3-8H,9-10,17H2,1-2H3. The number of rotatable bonds is 4. The fraction of sp³-hybridized carbons (Fsp3) is 0.333. The van der Waals surface area contributed by atoms with Crippen LogP contribution in [0.4, 0.5) is 0 Å². The topological polar surface area (TPSA) is 35.2 Å². The van der Waals surface area contributed by atoms with Crippen molar-refractivity contribution in [3.05, 3.63) is 41.4 Å². The number of fused-ring (bicyclic) bond motifs is 1. The van der Waals surface area contributed by atoms with Crippen LogP contribution in [0.2, 0.25) is 5.02 Å². The number of benzene rings is 2. The third-order valence-electron chi connectivity index (χ3n) is 3.00. The number of hydrogen-bond donors (Lipinski definition) is 1. The fourth-order valence-corrected chi connectivity index (χ4v) is 1.92. The Bertz CT molecular complexity index is 551. The van der Waals surface area contributed by atoms with Crippen molar-refractivity contribution in [1.82, 2.24) is 0 Å². The van der Waals surface area contributed by atoms with Crippen molar-refractivity contribution in [1.29, 1.82) is 0 Å². The summed E-state index contributed by atoms with van der Waals surface area (Å²) in [6, 6.07) is 11.8. The van der Waals surface area contributed by atoms with Crippen molar-refractivity contribution in [3.8, 4) is 5.75 Å². The van der Waals surface area contributed by atoms with Gasteiger partial charge in [0.15, 0.2) is 0 Å². The Labute approximate surface area is 113 Å². The largest absolute Gasteiger partial charge is 0.492 e. The maximum absolute atomic E-state index is 6.17. The van der Waals surface area contributed by atoms with Gasteiger partial charge in [0.1, 0.15) is 5.75 Å². The molecule has 0 unspecified atom stereocenters. The summed E-state index contributed by atoms with van der Waals surface area (Å²) in [5.41, 5.74) is 5.68. The highest BCUT2D eigenvalue weighted by molar-refractivity contribution is 6.35. The summed E-state index contributed by atoms with van der Waals surface area (Å²) >= 11 is 6.17. The molecule has 0 bridgehead atoms. The highest BCUT2D eigenvalue weighted by Gasteiger charge is 2.17. The normalized spacial score (nSPS) is 11.8. The Morgan fingerprint density at radius 3 is 2.44 bits per heavy atom. The lowest BCUT2D eigenvalue weighted by atomic mass is 9.95. The molecule has 18 heavy (non-hydrogen) atoms. The summed E-state index contributed by atoms with van der Waals surface area (Å²) in [5, 5.41) is 2.80. The average Bonchev–Trinajstić information content (AvgIpc) is 2.38. The minimum Gasteiger partial charge on any atom is -0.492 e. The van der Waals surface area contributed by atoms with E-state index in [-0.39, 0.29) is 5.41 Å². The molecule has 3 heteroatoms. The van der Waals surface area contributed by atoms with E-state index >= 15 is 0 Å². The molecular weight excluding hydrogens is 246 g/mol. The summed E-state index contributed by atoms with van der Waals surface area (Å²) in [4.78, 5) is 0. The summed E-state index contributed by atoms with van der Waals surface area (Å²) in [6.07, 6.45) is 0. The van der Waals surface area contributed by atoms with Crippen molar-refractivity contribution in [2.45, 2.75) is 13.8 Å². The predicted octanol–water partition coefficient (Wildman–Crippen LogP) is 3.86. The molecule has 0 heterocycles. The van der Waals surface area contributed by atoms with Crippen LogP contribution >= 0.6 is 11.6 Å². The number of hydrogen-bond acceptors (Lipinski definition) is 2. The zero-order valence-electron chi connectivity index (χ0n) is 10.7. The van der Waals surface area contributed by atoms with E-state index in [2.05, 4.69) is 13.8 Å². The lowest BCUT2D eigenvalue weighted by Gasteiger charge is -2.23. The molecule has 0 aliphatic heterocycles. The molecule has 0 spiro atoms. The molecule has 0 atom stereocenters. The van der Waals surface area contributed by atoms with Gasteiger partial charge in [-0.1, -0.05) is 49.7 Å². The van der Waals surface area contributed by atoms with Crippen molar-refractivity contribution >= 4 is 22.4 Å². The lowest BCUT2D eigenvalue weighted by molar-refractivity contribution is 0.189. The van der Waals surface area contributed by atoms with Crippen molar-refractivity contribution < 1.29 is 4.74 Å². The minimum absolute atomic E-state index is 0.0270. The monoisotopic (exact) mass is 263 g/mol. The maximum atomic E-state index is 6.17. The van der Waals surface area contributed by atoms with Crippen molar-refractivity contribution in [2.75, 3.05) is 13.2 Å². The smallest absolute Gasteiger partial charge is 0.127 e. The lowest BCUT2D eigenvalue weighted by Crippen LogP contribution is -2.30. The molecule has 0 fully saturated rings. The van der Waals surface area contributed by atoms with E-state index in [0.29, 0.717) is 13.2 Å². The molecule has 2 aromatic rings. The first-order valence-electron chi connectivity index (χ1n) is 6.04. The van der Waals surface area contributed by atoms with E-state index in [9.17, 15) is 0 Å². The molecule has 0 radical (unpaired) electrons. The maximum Gasteiger partial charge on any atom is 0.127 e. The van der Waals surface area contributed by atoms with Gasteiger partial charge in [0.2, 0.25) is 0 Å². The Morgan fingerprint density at radius 1 is 1.11 bits per heavy atom. The van der Waals surface area contributed by atoms with Gasteiger partial charge in [-0.25, -0.2) is 0 Å². The summed E-state index contributed by atoms with van der Waals surface area (Å²) in [7, 11) is 0. The van der Waals surface area contributed by atoms with Gasteiger partial charge >= 0.3 is 0 Å². The third kappa shape index (κ3) is 2.77. The first-order chi connectivity index (χ1) is 8.53. The molecule has 2 nitrogen and oxygen atoms in total. The Kier molecular flexibility index (Phi) is 3.79. The summed E-state index contributed by atoms with van der Waals surface area (Å²) in [6.45, 7) is 5.36. The zero-order valence-corrected chi connectivity index (χ0v) is 11.5. The second kappa shape index (κ2) is 5.17. The van der Waals surface area contributed by atoms with Gasteiger partial charge in [-0.2, -0.15) is 0 Å². The van der Waals surface area contributed by atoms with Gasteiger partial charge in [-0.3, -0.25) is 0 Å². The van der Waals surface area contributed by atoms with Crippen LogP contribution in [0.3, 0.4) is 0 Å². The molecule has 96 valence electrons. The summed E-state index contributed by atoms with van der Waals surface area (Å²) in [5.74, 6) is 0.858. The minimum atomic E-state index is -0.0270. The fourth-order valence-electron chi connectivity index (χ4n) is 1.69. The van der Waals surface area contributed by atoms with Gasteiger partial charge in [0, 0.05) is 27.8 Å². The zero-order chi connectivity index (χ0) is 13.2. The van der Waals surface area contributed by atoms with Crippen LogP contribution in [0.1, 0.15) is 13.8 Å². The van der Waals surface area contributed by atoms with Crippen LogP contribution in [0, 0.1) is 5.41 Å². The van der Waals surface area contributed by atoms with E-state index in [1.807, 2.05) is 36.4 Å². The first-order valence-corrected chi connectivity index (χ1v) is 6.41. The second-order valence-electron chi connectivity index (χ2n) is 5.25. The highest BCUT2D eigenvalue weighted by Crippen LogP contribution is 2.32. The first kappa shape index (κ1) is 13.2. The van der Waals surface area contributed by atoms with E-state index in [4.69, 9.17) is 22.1 Å². The number of halogens is 1. The molecule has 2 aromatic carbocycles. The second-order valence-corrected chi connectivity index (χ2v) is 5.66. The Hall–Kier alpha value is -1.25. The van der Waals surface area contributed by atoms with Gasteiger partial charge in [-0.05, 0) is 12.1 Å². The quantitative estimate of drug-likeness (QED) is 0.909.